The molecular weight excluding hydrogens is 248 g/mol. The molecule has 0 aromatic rings. The molecule has 0 aliphatic rings. The van der Waals surface area contributed by atoms with Gasteiger partial charge in [0, 0.05) is 6.61 Å². The maximum absolute atomic E-state index is 11.7. The normalized spacial score (nSPS) is 13.7. The van der Waals surface area contributed by atoms with Crippen molar-refractivity contribution < 1.29 is 23.8 Å². The Hall–Kier alpha value is -1.10. The highest BCUT2D eigenvalue weighted by molar-refractivity contribution is 5.79. The van der Waals surface area contributed by atoms with E-state index in [1.54, 1.807) is 13.8 Å². The minimum atomic E-state index is -0.483. The van der Waals surface area contributed by atoms with E-state index in [9.17, 15) is 9.59 Å². The molecule has 0 saturated carbocycles. The molecule has 5 heteroatoms. The Labute approximate surface area is 115 Å². The molecule has 0 aromatic heterocycles. The van der Waals surface area contributed by atoms with Gasteiger partial charge in [0.15, 0.2) is 0 Å². The van der Waals surface area contributed by atoms with Gasteiger partial charge >= 0.3 is 11.9 Å². The summed E-state index contributed by atoms with van der Waals surface area (Å²) in [6.45, 7) is 8.56. The Balaban J connectivity index is 4.25. The molecule has 0 aromatic carbocycles. The maximum atomic E-state index is 11.7. The van der Waals surface area contributed by atoms with Crippen LogP contribution in [0.4, 0.5) is 0 Å². The number of hydrogen-bond acceptors (Lipinski definition) is 5. The number of carbonyl (C=O) groups is 2. The maximum Gasteiger partial charge on any atom is 0.309 e. The Kier molecular flexibility index (Phi) is 10.2. The second kappa shape index (κ2) is 10.8. The molecule has 112 valence electrons. The third-order valence-electron chi connectivity index (χ3n) is 2.78. The quantitative estimate of drug-likeness (QED) is 0.572. The van der Waals surface area contributed by atoms with Crippen LogP contribution >= 0.6 is 0 Å². The molecule has 0 bridgehead atoms. The van der Waals surface area contributed by atoms with Gasteiger partial charge in [-0.25, -0.2) is 0 Å². The van der Waals surface area contributed by atoms with Crippen molar-refractivity contribution in [3.05, 3.63) is 0 Å². The molecule has 0 amide bonds. The lowest BCUT2D eigenvalue weighted by Gasteiger charge is -2.16. The molecule has 0 fully saturated rings. The number of ether oxygens (including phenoxy) is 3. The van der Waals surface area contributed by atoms with Crippen molar-refractivity contribution in [1.29, 1.82) is 0 Å². The Bertz CT molecular complexity index is 265. The molecule has 0 rings (SSSR count). The summed E-state index contributed by atoms with van der Waals surface area (Å²) >= 11 is 0. The van der Waals surface area contributed by atoms with E-state index in [2.05, 4.69) is 0 Å². The summed E-state index contributed by atoms with van der Waals surface area (Å²) in [5, 5.41) is 0. The monoisotopic (exact) mass is 274 g/mol. The molecule has 0 saturated heterocycles. The van der Waals surface area contributed by atoms with Crippen molar-refractivity contribution in [2.75, 3.05) is 19.8 Å². The molecule has 0 aliphatic heterocycles. The minimum Gasteiger partial charge on any atom is -0.466 e. The summed E-state index contributed by atoms with van der Waals surface area (Å²) in [4.78, 5) is 23.2. The van der Waals surface area contributed by atoms with Crippen molar-refractivity contribution in [3.8, 4) is 0 Å². The molecule has 2 unspecified atom stereocenters. The average molecular weight is 274 g/mol. The van der Waals surface area contributed by atoms with Gasteiger partial charge in [-0.1, -0.05) is 6.92 Å². The van der Waals surface area contributed by atoms with Crippen LogP contribution in [0.25, 0.3) is 0 Å². The molecular formula is C14H26O5. The summed E-state index contributed by atoms with van der Waals surface area (Å²) in [6.07, 6.45) is 1.60. The zero-order valence-electron chi connectivity index (χ0n) is 12.4. The fourth-order valence-corrected chi connectivity index (χ4v) is 1.51. The van der Waals surface area contributed by atoms with Gasteiger partial charge in [-0.2, -0.15) is 0 Å². The fraction of sp³-hybridized carbons (Fsp3) is 0.857. The van der Waals surface area contributed by atoms with Crippen molar-refractivity contribution in [2.45, 2.75) is 53.1 Å². The molecule has 0 heterocycles. The van der Waals surface area contributed by atoms with Crippen LogP contribution in [0.15, 0.2) is 0 Å². The summed E-state index contributed by atoms with van der Waals surface area (Å²) < 4.78 is 15.4. The van der Waals surface area contributed by atoms with Crippen molar-refractivity contribution in [1.82, 2.24) is 0 Å². The Morgan fingerprint density at radius 3 is 2.21 bits per heavy atom. The number of esters is 2. The third-order valence-corrected chi connectivity index (χ3v) is 2.78. The van der Waals surface area contributed by atoms with Crippen LogP contribution in [-0.4, -0.2) is 37.9 Å². The van der Waals surface area contributed by atoms with E-state index in [0.717, 1.165) is 6.42 Å². The summed E-state index contributed by atoms with van der Waals surface area (Å²) in [5.74, 6) is -1.21. The Morgan fingerprint density at radius 2 is 1.68 bits per heavy atom. The van der Waals surface area contributed by atoms with Crippen molar-refractivity contribution in [3.63, 3.8) is 0 Å². The third kappa shape index (κ3) is 8.59. The molecule has 5 nitrogen and oxygen atoms in total. The lowest BCUT2D eigenvalue weighted by atomic mass is 10.0. The van der Waals surface area contributed by atoms with Gasteiger partial charge in [-0.05, 0) is 33.6 Å². The van der Waals surface area contributed by atoms with Gasteiger partial charge in [-0.3, -0.25) is 9.59 Å². The van der Waals surface area contributed by atoms with Crippen LogP contribution in [0.5, 0.6) is 0 Å². The zero-order valence-corrected chi connectivity index (χ0v) is 12.4. The first kappa shape index (κ1) is 17.9. The van der Waals surface area contributed by atoms with E-state index in [1.807, 2.05) is 13.8 Å². The van der Waals surface area contributed by atoms with E-state index in [0.29, 0.717) is 26.2 Å². The topological polar surface area (TPSA) is 61.8 Å². The van der Waals surface area contributed by atoms with Crippen molar-refractivity contribution in [2.24, 2.45) is 5.92 Å². The zero-order chi connectivity index (χ0) is 14.7. The molecule has 0 spiro atoms. The van der Waals surface area contributed by atoms with Gasteiger partial charge in [0.05, 0.1) is 31.7 Å². The van der Waals surface area contributed by atoms with E-state index in [1.165, 1.54) is 0 Å². The Morgan fingerprint density at radius 1 is 1.05 bits per heavy atom. The summed E-state index contributed by atoms with van der Waals surface area (Å²) in [6, 6.07) is 0. The average Bonchev–Trinajstić information content (AvgIpc) is 2.37. The molecule has 0 aliphatic carbocycles. The van der Waals surface area contributed by atoms with Gasteiger partial charge in [0.25, 0.3) is 0 Å². The molecule has 2 atom stereocenters. The SMILES string of the molecule is CCOC(=O)CC(CCOC(C)CC)C(=O)OCC. The van der Waals surface area contributed by atoms with E-state index >= 15 is 0 Å². The highest BCUT2D eigenvalue weighted by atomic mass is 16.5. The lowest BCUT2D eigenvalue weighted by Crippen LogP contribution is -2.24. The van der Waals surface area contributed by atoms with Crippen LogP contribution in [0.2, 0.25) is 0 Å². The van der Waals surface area contributed by atoms with Gasteiger partial charge < -0.3 is 14.2 Å². The first-order chi connectivity index (χ1) is 9.04. The standard InChI is InChI=1S/C14H26O5/c1-5-11(4)19-9-8-12(14(16)18-7-3)10-13(15)17-6-2/h11-12H,5-10H2,1-4H3. The van der Waals surface area contributed by atoms with Gasteiger partial charge in [0.2, 0.25) is 0 Å². The van der Waals surface area contributed by atoms with Crippen LogP contribution in [0.3, 0.4) is 0 Å². The molecule has 19 heavy (non-hydrogen) atoms. The summed E-state index contributed by atoms with van der Waals surface area (Å²) in [5.41, 5.74) is 0. The molecule has 0 N–H and O–H groups in total. The van der Waals surface area contributed by atoms with E-state index in [-0.39, 0.29) is 24.5 Å². The lowest BCUT2D eigenvalue weighted by molar-refractivity contribution is -0.155. The number of carbonyl (C=O) groups excluding carboxylic acids is 2. The van der Waals surface area contributed by atoms with Crippen molar-refractivity contribution >= 4 is 11.9 Å². The number of rotatable bonds is 10. The first-order valence-electron chi connectivity index (χ1n) is 6.98. The highest BCUT2D eigenvalue weighted by Gasteiger charge is 2.23. The predicted molar refractivity (Wildman–Crippen MR) is 71.7 cm³/mol. The fourth-order valence-electron chi connectivity index (χ4n) is 1.51. The number of hydrogen-bond donors (Lipinski definition) is 0. The minimum absolute atomic E-state index is 0.0521. The van der Waals surface area contributed by atoms with Crippen LogP contribution in [0, 0.1) is 5.92 Å². The summed E-state index contributed by atoms with van der Waals surface area (Å²) in [7, 11) is 0. The highest BCUT2D eigenvalue weighted by Crippen LogP contribution is 2.13. The van der Waals surface area contributed by atoms with Gasteiger partial charge in [-0.15, -0.1) is 0 Å². The largest absolute Gasteiger partial charge is 0.466 e. The second-order valence-electron chi connectivity index (χ2n) is 4.34. The van der Waals surface area contributed by atoms with E-state index < -0.39 is 5.92 Å². The predicted octanol–water partition coefficient (Wildman–Crippen LogP) is 2.32. The van der Waals surface area contributed by atoms with Gasteiger partial charge in [0.1, 0.15) is 0 Å². The second-order valence-corrected chi connectivity index (χ2v) is 4.34. The van der Waals surface area contributed by atoms with E-state index in [4.69, 9.17) is 14.2 Å². The molecule has 0 radical (unpaired) electrons. The van der Waals surface area contributed by atoms with Crippen LogP contribution in [-0.2, 0) is 23.8 Å². The smallest absolute Gasteiger partial charge is 0.309 e. The van der Waals surface area contributed by atoms with Crippen LogP contribution < -0.4 is 0 Å². The first-order valence-corrected chi connectivity index (χ1v) is 6.98. The van der Waals surface area contributed by atoms with Crippen LogP contribution in [0.1, 0.15) is 47.0 Å².